The summed E-state index contributed by atoms with van der Waals surface area (Å²) in [4.78, 5) is 0. The van der Waals surface area contributed by atoms with Crippen LogP contribution in [0.3, 0.4) is 0 Å². The van der Waals surface area contributed by atoms with Gasteiger partial charge in [0.2, 0.25) is 0 Å². The summed E-state index contributed by atoms with van der Waals surface area (Å²) in [6.45, 7) is 7.79. The molecule has 0 saturated heterocycles. The van der Waals surface area contributed by atoms with Crippen molar-refractivity contribution >= 4 is 15.9 Å². The first-order valence-corrected chi connectivity index (χ1v) is 8.07. The monoisotopic (exact) mass is 351 g/mol. The van der Waals surface area contributed by atoms with Gasteiger partial charge in [0, 0.05) is 6.04 Å². The van der Waals surface area contributed by atoms with Gasteiger partial charge < -0.3 is 10.1 Å². The van der Waals surface area contributed by atoms with E-state index in [0.717, 1.165) is 22.5 Å². The van der Waals surface area contributed by atoms with Gasteiger partial charge in [-0.15, -0.1) is 0 Å². The fourth-order valence-corrected chi connectivity index (χ4v) is 2.82. The molecule has 1 atom stereocenters. The van der Waals surface area contributed by atoms with Gasteiger partial charge in [0.1, 0.15) is 12.4 Å². The van der Waals surface area contributed by atoms with Gasteiger partial charge in [-0.3, -0.25) is 4.68 Å². The van der Waals surface area contributed by atoms with Crippen LogP contribution in [0.15, 0.2) is 41.0 Å². The lowest BCUT2D eigenvalue weighted by Crippen LogP contribution is -2.29. The largest absolute Gasteiger partial charge is 0.492 e. The third-order valence-corrected chi connectivity index (χ3v) is 3.83. The van der Waals surface area contributed by atoms with E-state index in [-0.39, 0.29) is 6.04 Å². The number of hydrogen-bond acceptors (Lipinski definition) is 3. The second kappa shape index (κ2) is 7.61. The molecule has 1 unspecified atom stereocenters. The third-order valence-electron chi connectivity index (χ3n) is 3.22. The smallest absolute Gasteiger partial charge is 0.119 e. The minimum absolute atomic E-state index is 0.0921. The molecule has 0 fully saturated rings. The Morgan fingerprint density at radius 1 is 1.29 bits per heavy atom. The van der Waals surface area contributed by atoms with Crippen LogP contribution in [-0.2, 0) is 0 Å². The molecule has 21 heavy (non-hydrogen) atoms. The number of ether oxygens (including phenoxy) is 1. The molecule has 0 aliphatic heterocycles. The average Bonchev–Trinajstić information content (AvgIpc) is 2.86. The van der Waals surface area contributed by atoms with Crippen LogP contribution in [0, 0.1) is 0 Å². The standard InChI is InChI=1S/C16H22BrN3O/c1-4-18-15(11-21-13-8-6-5-7-9-13)16-14(17)10-19-20(16)12(2)3/h5-10,12,15,18H,4,11H2,1-3H3. The van der Waals surface area contributed by atoms with Gasteiger partial charge >= 0.3 is 0 Å². The van der Waals surface area contributed by atoms with Crippen molar-refractivity contribution in [3.05, 3.63) is 46.7 Å². The van der Waals surface area contributed by atoms with Crippen molar-refractivity contribution in [3.8, 4) is 5.75 Å². The first-order chi connectivity index (χ1) is 10.1. The molecule has 2 aromatic rings. The van der Waals surface area contributed by atoms with E-state index in [4.69, 9.17) is 4.74 Å². The Hall–Kier alpha value is -1.33. The van der Waals surface area contributed by atoms with Crippen LogP contribution in [0.2, 0.25) is 0 Å². The molecule has 0 spiro atoms. The van der Waals surface area contributed by atoms with Crippen LogP contribution in [0.25, 0.3) is 0 Å². The Kier molecular flexibility index (Phi) is 5.82. The Balaban J connectivity index is 2.17. The molecule has 1 aromatic carbocycles. The highest BCUT2D eigenvalue weighted by atomic mass is 79.9. The van der Waals surface area contributed by atoms with Crippen molar-refractivity contribution in [2.24, 2.45) is 0 Å². The maximum Gasteiger partial charge on any atom is 0.119 e. The van der Waals surface area contributed by atoms with Crippen LogP contribution in [0.4, 0.5) is 0 Å². The van der Waals surface area contributed by atoms with Gasteiger partial charge in [-0.25, -0.2) is 0 Å². The van der Waals surface area contributed by atoms with Crippen LogP contribution in [0.1, 0.15) is 38.5 Å². The van der Waals surface area contributed by atoms with E-state index in [9.17, 15) is 0 Å². The summed E-state index contributed by atoms with van der Waals surface area (Å²) >= 11 is 3.60. The zero-order valence-electron chi connectivity index (χ0n) is 12.7. The van der Waals surface area contributed by atoms with Gasteiger partial charge in [-0.2, -0.15) is 5.10 Å². The molecule has 4 nitrogen and oxygen atoms in total. The second-order valence-electron chi connectivity index (χ2n) is 5.15. The van der Waals surface area contributed by atoms with Crippen LogP contribution in [-0.4, -0.2) is 22.9 Å². The van der Waals surface area contributed by atoms with Gasteiger partial charge in [0.15, 0.2) is 0 Å². The number of halogens is 1. The molecule has 1 aromatic heterocycles. The van der Waals surface area contributed by atoms with Gasteiger partial charge in [0.05, 0.1) is 22.4 Å². The summed E-state index contributed by atoms with van der Waals surface area (Å²) in [6, 6.07) is 10.3. The normalized spacial score (nSPS) is 12.6. The lowest BCUT2D eigenvalue weighted by Gasteiger charge is -2.22. The molecule has 1 heterocycles. The summed E-state index contributed by atoms with van der Waals surface area (Å²) in [5, 5.41) is 7.92. The van der Waals surface area contributed by atoms with E-state index < -0.39 is 0 Å². The number of likely N-dealkylation sites (N-methyl/N-ethyl adjacent to an activating group) is 1. The fraction of sp³-hybridized carbons (Fsp3) is 0.438. The van der Waals surface area contributed by atoms with Crippen molar-refractivity contribution in [1.29, 1.82) is 0 Å². The minimum Gasteiger partial charge on any atom is -0.492 e. The molecular formula is C16H22BrN3O. The zero-order chi connectivity index (χ0) is 15.2. The molecule has 0 saturated carbocycles. The molecule has 0 aliphatic carbocycles. The lowest BCUT2D eigenvalue weighted by atomic mass is 10.2. The Morgan fingerprint density at radius 2 is 2.00 bits per heavy atom. The highest BCUT2D eigenvalue weighted by Crippen LogP contribution is 2.26. The molecule has 0 bridgehead atoms. The molecule has 0 aliphatic rings. The van der Waals surface area contributed by atoms with Crippen LogP contribution in [0.5, 0.6) is 5.75 Å². The van der Waals surface area contributed by atoms with Crippen LogP contribution >= 0.6 is 15.9 Å². The molecule has 1 N–H and O–H groups in total. The van der Waals surface area contributed by atoms with E-state index in [1.54, 1.807) is 0 Å². The van der Waals surface area contributed by atoms with E-state index >= 15 is 0 Å². The number of para-hydroxylation sites is 1. The Labute approximate surface area is 134 Å². The summed E-state index contributed by atoms with van der Waals surface area (Å²) in [6.07, 6.45) is 1.85. The van der Waals surface area contributed by atoms with E-state index in [1.807, 2.05) is 41.2 Å². The zero-order valence-corrected chi connectivity index (χ0v) is 14.3. The van der Waals surface area contributed by atoms with E-state index in [0.29, 0.717) is 12.6 Å². The van der Waals surface area contributed by atoms with E-state index in [1.165, 1.54) is 0 Å². The van der Waals surface area contributed by atoms with Gasteiger partial charge in [-0.05, 0) is 48.5 Å². The number of nitrogens with one attached hydrogen (secondary N) is 1. The van der Waals surface area contributed by atoms with Crippen molar-refractivity contribution in [1.82, 2.24) is 15.1 Å². The lowest BCUT2D eigenvalue weighted by molar-refractivity contribution is 0.258. The van der Waals surface area contributed by atoms with Crippen molar-refractivity contribution in [2.45, 2.75) is 32.9 Å². The van der Waals surface area contributed by atoms with Gasteiger partial charge in [-0.1, -0.05) is 25.1 Å². The molecule has 5 heteroatoms. The Morgan fingerprint density at radius 3 is 2.62 bits per heavy atom. The first kappa shape index (κ1) is 16.0. The van der Waals surface area contributed by atoms with Crippen LogP contribution < -0.4 is 10.1 Å². The second-order valence-corrected chi connectivity index (χ2v) is 6.00. The molecule has 114 valence electrons. The number of benzene rings is 1. The quantitative estimate of drug-likeness (QED) is 0.820. The number of hydrogen-bond donors (Lipinski definition) is 1. The minimum atomic E-state index is 0.0921. The first-order valence-electron chi connectivity index (χ1n) is 7.27. The fourth-order valence-electron chi connectivity index (χ4n) is 2.27. The molecule has 0 radical (unpaired) electrons. The number of nitrogens with zero attached hydrogens (tertiary/aromatic N) is 2. The molecule has 0 amide bonds. The third kappa shape index (κ3) is 4.08. The molecule has 2 rings (SSSR count). The van der Waals surface area contributed by atoms with Crippen molar-refractivity contribution in [2.75, 3.05) is 13.2 Å². The predicted octanol–water partition coefficient (Wildman–Crippen LogP) is 3.96. The maximum absolute atomic E-state index is 5.91. The van der Waals surface area contributed by atoms with Crippen molar-refractivity contribution in [3.63, 3.8) is 0 Å². The average molecular weight is 352 g/mol. The summed E-state index contributed by atoms with van der Waals surface area (Å²) in [5.74, 6) is 0.882. The highest BCUT2D eigenvalue weighted by Gasteiger charge is 2.21. The number of rotatable bonds is 7. The summed E-state index contributed by atoms with van der Waals surface area (Å²) < 4.78 is 8.96. The topological polar surface area (TPSA) is 39.1 Å². The van der Waals surface area contributed by atoms with Crippen molar-refractivity contribution < 1.29 is 4.74 Å². The number of aromatic nitrogens is 2. The summed E-state index contributed by atoms with van der Waals surface area (Å²) in [7, 11) is 0. The predicted molar refractivity (Wildman–Crippen MR) is 88.7 cm³/mol. The highest BCUT2D eigenvalue weighted by molar-refractivity contribution is 9.10. The van der Waals surface area contributed by atoms with E-state index in [2.05, 4.69) is 47.1 Å². The SMILES string of the molecule is CCNC(COc1ccccc1)c1c(Br)cnn1C(C)C. The maximum atomic E-state index is 5.91. The Bertz CT molecular complexity index is 554. The van der Waals surface area contributed by atoms with Gasteiger partial charge in [0.25, 0.3) is 0 Å². The molecular weight excluding hydrogens is 330 g/mol. The summed E-state index contributed by atoms with van der Waals surface area (Å²) in [5.41, 5.74) is 1.13.